The number of nitrogens with one attached hydrogen (secondary N) is 1. The zero-order valence-corrected chi connectivity index (χ0v) is 12.7. The summed E-state index contributed by atoms with van der Waals surface area (Å²) in [5.41, 5.74) is 2.40. The number of nitrogens with zero attached hydrogens (tertiary/aromatic N) is 1. The Labute approximate surface area is 126 Å². The Morgan fingerprint density at radius 2 is 2.29 bits per heavy atom. The van der Waals surface area contributed by atoms with Crippen LogP contribution in [0.25, 0.3) is 10.9 Å². The van der Waals surface area contributed by atoms with Gasteiger partial charge in [0.15, 0.2) is 0 Å². The Kier molecular flexibility index (Phi) is 4.84. The molecule has 1 fully saturated rings. The van der Waals surface area contributed by atoms with Crippen LogP contribution in [0.2, 0.25) is 0 Å². The first-order valence-electron chi connectivity index (χ1n) is 8.06. The molecule has 1 aliphatic heterocycles. The van der Waals surface area contributed by atoms with Crippen LogP contribution in [0.3, 0.4) is 0 Å². The molecule has 1 N–H and O–H groups in total. The molecule has 2 aromatic rings. The average molecular weight is 284 g/mol. The molecule has 2 atom stereocenters. The predicted molar refractivity (Wildman–Crippen MR) is 86.4 cm³/mol. The van der Waals surface area contributed by atoms with Crippen LogP contribution in [-0.2, 0) is 4.74 Å². The van der Waals surface area contributed by atoms with Crippen molar-refractivity contribution < 1.29 is 4.74 Å². The van der Waals surface area contributed by atoms with Crippen molar-refractivity contribution in [3.8, 4) is 0 Å². The molecule has 0 amide bonds. The van der Waals surface area contributed by atoms with Crippen LogP contribution >= 0.6 is 0 Å². The fourth-order valence-corrected chi connectivity index (χ4v) is 3.15. The van der Waals surface area contributed by atoms with Crippen molar-refractivity contribution in [2.24, 2.45) is 0 Å². The summed E-state index contributed by atoms with van der Waals surface area (Å²) in [6.45, 7) is 4.06. The standard InChI is InChI=1S/C18H24N2O/c1-2-19-18(13-16-7-3-4-11-21-16)15-8-9-17-14(12-15)6-5-10-20-17/h5-6,8-10,12,16,18-19H,2-4,7,11,13H2,1H3. The Morgan fingerprint density at radius 3 is 3.10 bits per heavy atom. The van der Waals surface area contributed by atoms with Gasteiger partial charge in [-0.05, 0) is 56.0 Å². The number of aromatic nitrogens is 1. The van der Waals surface area contributed by atoms with Gasteiger partial charge < -0.3 is 10.1 Å². The third kappa shape index (κ3) is 3.60. The summed E-state index contributed by atoms with van der Waals surface area (Å²) in [7, 11) is 0. The molecule has 112 valence electrons. The lowest BCUT2D eigenvalue weighted by Crippen LogP contribution is -2.28. The molecular formula is C18H24N2O. The highest BCUT2D eigenvalue weighted by molar-refractivity contribution is 5.79. The number of fused-ring (bicyclic) bond motifs is 1. The number of ether oxygens (including phenoxy) is 1. The van der Waals surface area contributed by atoms with Crippen molar-refractivity contribution in [3.63, 3.8) is 0 Å². The second-order valence-corrected chi connectivity index (χ2v) is 5.79. The first-order chi connectivity index (χ1) is 10.4. The van der Waals surface area contributed by atoms with E-state index in [4.69, 9.17) is 4.74 Å². The molecule has 3 rings (SSSR count). The van der Waals surface area contributed by atoms with Gasteiger partial charge >= 0.3 is 0 Å². The van der Waals surface area contributed by atoms with E-state index in [0.29, 0.717) is 12.1 Å². The van der Waals surface area contributed by atoms with Crippen LogP contribution in [0.4, 0.5) is 0 Å². The van der Waals surface area contributed by atoms with Gasteiger partial charge in [0.1, 0.15) is 0 Å². The van der Waals surface area contributed by atoms with Crippen LogP contribution in [0.5, 0.6) is 0 Å². The Bertz CT molecular complexity index is 578. The molecule has 0 saturated carbocycles. The van der Waals surface area contributed by atoms with E-state index >= 15 is 0 Å². The Hall–Kier alpha value is -1.45. The van der Waals surface area contributed by atoms with E-state index in [2.05, 4.69) is 41.5 Å². The summed E-state index contributed by atoms with van der Waals surface area (Å²) in [5, 5.41) is 4.82. The maximum absolute atomic E-state index is 5.91. The SMILES string of the molecule is CCNC(CC1CCCCO1)c1ccc2ncccc2c1. The number of pyridine rings is 1. The van der Waals surface area contributed by atoms with Crippen molar-refractivity contribution in [1.82, 2.24) is 10.3 Å². The fraction of sp³-hybridized carbons (Fsp3) is 0.500. The van der Waals surface area contributed by atoms with Gasteiger partial charge in [-0.25, -0.2) is 0 Å². The molecular weight excluding hydrogens is 260 g/mol. The van der Waals surface area contributed by atoms with Crippen molar-refractivity contribution in [1.29, 1.82) is 0 Å². The summed E-state index contributed by atoms with van der Waals surface area (Å²) in [5.74, 6) is 0. The van der Waals surface area contributed by atoms with Gasteiger partial charge in [-0.3, -0.25) is 4.98 Å². The van der Waals surface area contributed by atoms with Crippen LogP contribution in [0, 0.1) is 0 Å². The van der Waals surface area contributed by atoms with Gasteiger partial charge in [0, 0.05) is 24.2 Å². The summed E-state index contributed by atoms with van der Waals surface area (Å²) < 4.78 is 5.91. The monoisotopic (exact) mass is 284 g/mol. The van der Waals surface area contributed by atoms with Crippen molar-refractivity contribution in [3.05, 3.63) is 42.1 Å². The number of rotatable bonds is 5. The highest BCUT2D eigenvalue weighted by Crippen LogP contribution is 2.26. The first kappa shape index (κ1) is 14.5. The third-order valence-electron chi connectivity index (χ3n) is 4.25. The third-order valence-corrected chi connectivity index (χ3v) is 4.25. The number of benzene rings is 1. The van der Waals surface area contributed by atoms with Crippen molar-refractivity contribution in [2.75, 3.05) is 13.2 Å². The van der Waals surface area contributed by atoms with Gasteiger partial charge in [0.25, 0.3) is 0 Å². The summed E-state index contributed by atoms with van der Waals surface area (Å²) in [6, 6.07) is 11.1. The molecule has 1 saturated heterocycles. The average Bonchev–Trinajstić information content (AvgIpc) is 2.55. The van der Waals surface area contributed by atoms with Gasteiger partial charge in [-0.15, -0.1) is 0 Å². The molecule has 0 aliphatic carbocycles. The second-order valence-electron chi connectivity index (χ2n) is 5.79. The van der Waals surface area contributed by atoms with E-state index in [1.807, 2.05) is 12.3 Å². The van der Waals surface area contributed by atoms with Crippen molar-refractivity contribution in [2.45, 2.75) is 44.8 Å². The summed E-state index contributed by atoms with van der Waals surface area (Å²) in [6.07, 6.45) is 7.00. The summed E-state index contributed by atoms with van der Waals surface area (Å²) in [4.78, 5) is 4.40. The molecule has 0 bridgehead atoms. The molecule has 0 radical (unpaired) electrons. The molecule has 3 nitrogen and oxygen atoms in total. The number of hydrogen-bond donors (Lipinski definition) is 1. The number of hydrogen-bond acceptors (Lipinski definition) is 3. The van der Waals surface area contributed by atoms with E-state index in [-0.39, 0.29) is 0 Å². The molecule has 1 aromatic heterocycles. The van der Waals surface area contributed by atoms with Gasteiger partial charge in [-0.1, -0.05) is 19.1 Å². The Morgan fingerprint density at radius 1 is 1.33 bits per heavy atom. The predicted octanol–water partition coefficient (Wildman–Crippen LogP) is 3.84. The van der Waals surface area contributed by atoms with Crippen LogP contribution < -0.4 is 5.32 Å². The summed E-state index contributed by atoms with van der Waals surface area (Å²) >= 11 is 0. The van der Waals surface area contributed by atoms with Crippen LogP contribution in [-0.4, -0.2) is 24.2 Å². The highest BCUT2D eigenvalue weighted by Gasteiger charge is 2.20. The minimum Gasteiger partial charge on any atom is -0.378 e. The van der Waals surface area contributed by atoms with Crippen LogP contribution in [0.1, 0.15) is 44.2 Å². The lowest BCUT2D eigenvalue weighted by molar-refractivity contribution is 0.00514. The van der Waals surface area contributed by atoms with Gasteiger partial charge in [0.2, 0.25) is 0 Å². The lowest BCUT2D eigenvalue weighted by atomic mass is 9.95. The first-order valence-corrected chi connectivity index (χ1v) is 8.06. The van der Waals surface area contributed by atoms with E-state index in [0.717, 1.165) is 25.1 Å². The molecule has 3 heteroatoms. The maximum Gasteiger partial charge on any atom is 0.0702 e. The highest BCUT2D eigenvalue weighted by atomic mass is 16.5. The topological polar surface area (TPSA) is 34.1 Å². The maximum atomic E-state index is 5.91. The van der Waals surface area contributed by atoms with Gasteiger partial charge in [-0.2, -0.15) is 0 Å². The van der Waals surface area contributed by atoms with Crippen LogP contribution in [0.15, 0.2) is 36.5 Å². The zero-order chi connectivity index (χ0) is 14.5. The van der Waals surface area contributed by atoms with Crippen molar-refractivity contribution >= 4 is 10.9 Å². The molecule has 21 heavy (non-hydrogen) atoms. The van der Waals surface area contributed by atoms with E-state index in [9.17, 15) is 0 Å². The fourth-order valence-electron chi connectivity index (χ4n) is 3.15. The quantitative estimate of drug-likeness (QED) is 0.905. The second kappa shape index (κ2) is 7.01. The lowest BCUT2D eigenvalue weighted by Gasteiger charge is -2.28. The normalized spacial score (nSPS) is 20.5. The molecule has 1 aliphatic rings. The molecule has 0 spiro atoms. The molecule has 1 aromatic carbocycles. The Balaban J connectivity index is 1.80. The van der Waals surface area contributed by atoms with E-state index < -0.39 is 0 Å². The minimum atomic E-state index is 0.364. The molecule has 2 heterocycles. The minimum absolute atomic E-state index is 0.364. The molecule has 2 unspecified atom stereocenters. The van der Waals surface area contributed by atoms with E-state index in [1.165, 1.54) is 30.2 Å². The van der Waals surface area contributed by atoms with E-state index in [1.54, 1.807) is 0 Å². The largest absolute Gasteiger partial charge is 0.378 e. The zero-order valence-electron chi connectivity index (χ0n) is 12.7. The smallest absolute Gasteiger partial charge is 0.0702 e. The van der Waals surface area contributed by atoms with Gasteiger partial charge in [0.05, 0.1) is 11.6 Å².